The number of hydrogen-bond acceptors (Lipinski definition) is 2. The van der Waals surface area contributed by atoms with Crippen molar-refractivity contribution >= 4 is 34.8 Å². The maximum atomic E-state index is 13.2. The Hall–Kier alpha value is -0.870. The Morgan fingerprint density at radius 3 is 2.28 bits per heavy atom. The number of rotatable bonds is 2. The number of aliphatic hydroxyl groups is 1. The Morgan fingerprint density at radius 1 is 1.11 bits per heavy atom. The van der Waals surface area contributed by atoms with E-state index in [1.165, 1.54) is 12.1 Å². The number of nitrogens with zero attached hydrogens (tertiary/aromatic N) is 1. The maximum Gasteiger partial charge on any atom is 0.147 e. The first-order valence-electron chi connectivity index (χ1n) is 4.94. The molecule has 0 spiro atoms. The molecule has 0 aliphatic rings. The lowest BCUT2D eigenvalue weighted by molar-refractivity contribution is 0.270. The fourth-order valence-electron chi connectivity index (χ4n) is 1.46. The van der Waals surface area contributed by atoms with Crippen molar-refractivity contribution < 1.29 is 9.50 Å². The van der Waals surface area contributed by atoms with Crippen LogP contribution in [0.5, 0.6) is 0 Å². The van der Waals surface area contributed by atoms with Gasteiger partial charge >= 0.3 is 0 Å². The first kappa shape index (κ1) is 13.6. The summed E-state index contributed by atoms with van der Waals surface area (Å²) in [5, 5.41) is 9.80. The fraction of sp³-hybridized carbons (Fsp3) is 0.0833. The summed E-state index contributed by atoms with van der Waals surface area (Å²) in [6.07, 6.45) is 0. The van der Waals surface area contributed by atoms with E-state index in [9.17, 15) is 4.39 Å². The van der Waals surface area contributed by atoms with Gasteiger partial charge in [0.05, 0.1) is 27.4 Å². The van der Waals surface area contributed by atoms with E-state index in [1.807, 2.05) is 0 Å². The molecule has 2 aromatic rings. The molecule has 0 aliphatic carbocycles. The molecule has 1 aromatic carbocycles. The molecule has 0 atom stereocenters. The Bertz CT molecular complexity index is 581. The number of aliphatic hydroxyl groups excluding tert-OH is 1. The van der Waals surface area contributed by atoms with Gasteiger partial charge in [-0.05, 0) is 24.3 Å². The van der Waals surface area contributed by atoms with Gasteiger partial charge in [-0.15, -0.1) is 0 Å². The van der Waals surface area contributed by atoms with Gasteiger partial charge in [0.25, 0.3) is 0 Å². The third kappa shape index (κ3) is 2.59. The van der Waals surface area contributed by atoms with Gasteiger partial charge in [-0.2, -0.15) is 0 Å². The van der Waals surface area contributed by atoms with Crippen LogP contribution in [0.2, 0.25) is 15.1 Å². The molecule has 94 valence electrons. The van der Waals surface area contributed by atoms with E-state index in [0.717, 1.165) is 0 Å². The average molecular weight is 307 g/mol. The normalized spacial score (nSPS) is 10.7. The van der Waals surface area contributed by atoms with Crippen molar-refractivity contribution in [3.8, 4) is 11.3 Å². The lowest BCUT2D eigenvalue weighted by Gasteiger charge is -2.07. The zero-order chi connectivity index (χ0) is 13.3. The number of aromatic nitrogens is 1. The van der Waals surface area contributed by atoms with Crippen LogP contribution >= 0.6 is 34.8 Å². The molecule has 0 unspecified atom stereocenters. The molecular weight excluding hydrogens is 299 g/mol. The van der Waals surface area contributed by atoms with Gasteiger partial charge in [-0.3, -0.25) is 0 Å². The highest BCUT2D eigenvalue weighted by Gasteiger charge is 2.10. The standard InChI is InChI=1S/C12H7Cl3FNO/c13-7-3-6(4-8(14)12(7)15)10-2-1-9(16)11(5-18)17-10/h1-4,18H,5H2. The van der Waals surface area contributed by atoms with E-state index in [2.05, 4.69) is 4.98 Å². The molecule has 1 aromatic heterocycles. The Labute approximate surface area is 118 Å². The summed E-state index contributed by atoms with van der Waals surface area (Å²) >= 11 is 17.6. The van der Waals surface area contributed by atoms with Crippen LogP contribution in [0.25, 0.3) is 11.3 Å². The first-order valence-corrected chi connectivity index (χ1v) is 6.07. The zero-order valence-corrected chi connectivity index (χ0v) is 11.2. The quantitative estimate of drug-likeness (QED) is 0.837. The van der Waals surface area contributed by atoms with E-state index < -0.39 is 12.4 Å². The van der Waals surface area contributed by atoms with Gasteiger partial charge in [-0.25, -0.2) is 9.37 Å². The number of halogens is 4. The third-order valence-corrected chi connectivity index (χ3v) is 3.54. The predicted octanol–water partition coefficient (Wildman–Crippen LogP) is 4.34. The molecule has 2 nitrogen and oxygen atoms in total. The number of hydrogen-bond donors (Lipinski definition) is 1. The van der Waals surface area contributed by atoms with Crippen LogP contribution < -0.4 is 0 Å². The molecule has 0 radical (unpaired) electrons. The SMILES string of the molecule is OCc1nc(-c2cc(Cl)c(Cl)c(Cl)c2)ccc1F. The third-order valence-electron chi connectivity index (χ3n) is 2.35. The van der Waals surface area contributed by atoms with Gasteiger partial charge in [-0.1, -0.05) is 34.8 Å². The van der Waals surface area contributed by atoms with E-state index in [4.69, 9.17) is 39.9 Å². The molecule has 0 saturated carbocycles. The van der Waals surface area contributed by atoms with Gasteiger partial charge in [0.1, 0.15) is 11.5 Å². The van der Waals surface area contributed by atoms with Crippen molar-refractivity contribution in [2.45, 2.75) is 6.61 Å². The Morgan fingerprint density at radius 2 is 1.72 bits per heavy atom. The summed E-state index contributed by atoms with van der Waals surface area (Å²) < 4.78 is 13.2. The van der Waals surface area contributed by atoms with Crippen molar-refractivity contribution in [3.63, 3.8) is 0 Å². The van der Waals surface area contributed by atoms with Gasteiger partial charge in [0, 0.05) is 5.56 Å². The summed E-state index contributed by atoms with van der Waals surface area (Å²) in [6, 6.07) is 5.86. The van der Waals surface area contributed by atoms with Crippen molar-refractivity contribution in [1.29, 1.82) is 0 Å². The van der Waals surface area contributed by atoms with E-state index in [-0.39, 0.29) is 20.8 Å². The lowest BCUT2D eigenvalue weighted by atomic mass is 10.1. The monoisotopic (exact) mass is 305 g/mol. The van der Waals surface area contributed by atoms with Crippen LogP contribution in [0, 0.1) is 5.82 Å². The highest BCUT2D eigenvalue weighted by molar-refractivity contribution is 6.48. The molecule has 18 heavy (non-hydrogen) atoms. The topological polar surface area (TPSA) is 33.1 Å². The molecule has 2 rings (SSSR count). The van der Waals surface area contributed by atoms with Crippen LogP contribution in [0.3, 0.4) is 0 Å². The minimum Gasteiger partial charge on any atom is -0.390 e. The minimum atomic E-state index is -0.563. The van der Waals surface area contributed by atoms with Gasteiger partial charge < -0.3 is 5.11 Å². The first-order chi connectivity index (χ1) is 8.52. The van der Waals surface area contributed by atoms with Gasteiger partial charge in [0.2, 0.25) is 0 Å². The molecule has 0 fully saturated rings. The molecule has 0 bridgehead atoms. The van der Waals surface area contributed by atoms with Gasteiger partial charge in [0.15, 0.2) is 0 Å². The second-order valence-electron chi connectivity index (χ2n) is 3.54. The van der Waals surface area contributed by atoms with E-state index in [1.54, 1.807) is 12.1 Å². The smallest absolute Gasteiger partial charge is 0.147 e. The van der Waals surface area contributed by atoms with Crippen molar-refractivity contribution in [3.05, 3.63) is 50.8 Å². The largest absolute Gasteiger partial charge is 0.390 e. The highest BCUT2D eigenvalue weighted by Crippen LogP contribution is 2.34. The Balaban J connectivity index is 2.55. The summed E-state index contributed by atoms with van der Waals surface area (Å²) in [5.74, 6) is -0.563. The van der Waals surface area contributed by atoms with E-state index in [0.29, 0.717) is 11.3 Å². The highest BCUT2D eigenvalue weighted by atomic mass is 35.5. The van der Waals surface area contributed by atoms with E-state index >= 15 is 0 Å². The molecule has 1 N–H and O–H groups in total. The van der Waals surface area contributed by atoms with Crippen LogP contribution in [0.1, 0.15) is 5.69 Å². The lowest BCUT2D eigenvalue weighted by Crippen LogP contribution is -1.96. The van der Waals surface area contributed by atoms with Crippen LogP contribution in [0.15, 0.2) is 24.3 Å². The van der Waals surface area contributed by atoms with Crippen molar-refractivity contribution in [2.24, 2.45) is 0 Å². The maximum absolute atomic E-state index is 13.2. The summed E-state index contributed by atoms with van der Waals surface area (Å²) in [5.41, 5.74) is 1.03. The predicted molar refractivity (Wildman–Crippen MR) is 70.6 cm³/mol. The zero-order valence-electron chi connectivity index (χ0n) is 8.92. The minimum absolute atomic E-state index is 0.0327. The molecule has 0 saturated heterocycles. The van der Waals surface area contributed by atoms with Crippen LogP contribution in [0.4, 0.5) is 4.39 Å². The summed E-state index contributed by atoms with van der Waals surface area (Å²) in [6.45, 7) is -0.477. The van der Waals surface area contributed by atoms with Crippen molar-refractivity contribution in [2.75, 3.05) is 0 Å². The molecule has 0 aliphatic heterocycles. The molecule has 1 heterocycles. The second kappa shape index (κ2) is 5.41. The van der Waals surface area contributed by atoms with Crippen LogP contribution in [-0.4, -0.2) is 10.1 Å². The van der Waals surface area contributed by atoms with Crippen molar-refractivity contribution in [1.82, 2.24) is 4.98 Å². The average Bonchev–Trinajstić information content (AvgIpc) is 2.36. The molecular formula is C12H7Cl3FNO. The second-order valence-corrected chi connectivity index (χ2v) is 4.73. The number of pyridine rings is 1. The summed E-state index contributed by atoms with van der Waals surface area (Å²) in [4.78, 5) is 3.99. The molecule has 0 amide bonds. The fourth-order valence-corrected chi connectivity index (χ4v) is 2.06. The summed E-state index contributed by atoms with van der Waals surface area (Å²) in [7, 11) is 0. The molecule has 6 heteroatoms. The number of benzene rings is 1. The van der Waals surface area contributed by atoms with Crippen LogP contribution in [-0.2, 0) is 6.61 Å². The Kier molecular flexibility index (Phi) is 4.07.